The highest BCUT2D eigenvalue weighted by molar-refractivity contribution is 7.90. The Bertz CT molecular complexity index is 1680. The van der Waals surface area contributed by atoms with Crippen LogP contribution in [0.3, 0.4) is 0 Å². The molecule has 194 valence electrons. The summed E-state index contributed by atoms with van der Waals surface area (Å²) in [5.74, 6) is -2.32. The minimum absolute atomic E-state index is 0.0136. The van der Waals surface area contributed by atoms with Gasteiger partial charge in [0.2, 0.25) is 5.91 Å². The van der Waals surface area contributed by atoms with Gasteiger partial charge in [-0.2, -0.15) is 0 Å². The third-order valence-corrected chi connectivity index (χ3v) is 6.78. The molecule has 1 amide bonds. The van der Waals surface area contributed by atoms with E-state index in [0.717, 1.165) is 18.4 Å². The SMILES string of the molecule is Cn1cc(-c2cc(S(C)(=O)=O)ccc2Oc2ccc(F)cc2F)c2cc(CNCCC(N)=O)[nH]c2c1=O. The number of hydrogen-bond acceptors (Lipinski definition) is 6. The molecule has 0 aliphatic carbocycles. The van der Waals surface area contributed by atoms with Gasteiger partial charge in [0.25, 0.3) is 5.56 Å². The smallest absolute Gasteiger partial charge is 0.274 e. The van der Waals surface area contributed by atoms with E-state index in [1.807, 2.05) is 0 Å². The molecule has 12 heteroatoms. The van der Waals surface area contributed by atoms with Gasteiger partial charge in [-0.15, -0.1) is 0 Å². The lowest BCUT2D eigenvalue weighted by Crippen LogP contribution is -2.21. The fourth-order valence-electron chi connectivity index (χ4n) is 3.85. The number of benzene rings is 2. The molecule has 0 saturated heterocycles. The Morgan fingerprint density at radius 3 is 2.51 bits per heavy atom. The number of sulfone groups is 1. The number of fused-ring (bicyclic) bond motifs is 1. The number of halogens is 2. The number of amides is 1. The molecule has 2 heterocycles. The van der Waals surface area contributed by atoms with Crippen molar-refractivity contribution in [2.75, 3.05) is 12.8 Å². The van der Waals surface area contributed by atoms with Crippen LogP contribution in [0.5, 0.6) is 11.5 Å². The summed E-state index contributed by atoms with van der Waals surface area (Å²) in [6, 6.07) is 8.64. The Hall–Kier alpha value is -4.03. The molecule has 2 aromatic heterocycles. The lowest BCUT2D eigenvalue weighted by Gasteiger charge is -2.15. The normalized spacial score (nSPS) is 11.7. The lowest BCUT2D eigenvalue weighted by atomic mass is 10.0. The molecule has 0 atom stereocenters. The molecular formula is C25H24F2N4O5S. The zero-order valence-electron chi connectivity index (χ0n) is 20.0. The van der Waals surface area contributed by atoms with E-state index in [1.54, 1.807) is 6.07 Å². The molecule has 2 aromatic carbocycles. The van der Waals surface area contributed by atoms with E-state index in [1.165, 1.54) is 36.0 Å². The van der Waals surface area contributed by atoms with Crippen molar-refractivity contribution in [1.82, 2.24) is 14.9 Å². The van der Waals surface area contributed by atoms with E-state index < -0.39 is 27.4 Å². The zero-order valence-corrected chi connectivity index (χ0v) is 20.8. The molecule has 0 saturated carbocycles. The van der Waals surface area contributed by atoms with E-state index >= 15 is 0 Å². The number of primary amides is 1. The average Bonchev–Trinajstić information content (AvgIpc) is 3.25. The van der Waals surface area contributed by atoms with Crippen LogP contribution in [0, 0.1) is 11.6 Å². The van der Waals surface area contributed by atoms with Crippen molar-refractivity contribution in [3.05, 3.63) is 76.3 Å². The minimum Gasteiger partial charge on any atom is -0.454 e. The summed E-state index contributed by atoms with van der Waals surface area (Å²) in [7, 11) is -2.09. The number of aryl methyl sites for hydroxylation is 1. The molecule has 9 nitrogen and oxygen atoms in total. The van der Waals surface area contributed by atoms with Gasteiger partial charge in [-0.05, 0) is 36.4 Å². The summed E-state index contributed by atoms with van der Waals surface area (Å²) in [4.78, 5) is 26.9. The molecule has 37 heavy (non-hydrogen) atoms. The highest BCUT2D eigenvalue weighted by Crippen LogP contribution is 2.39. The fraction of sp³-hybridized carbons (Fsp3) is 0.200. The van der Waals surface area contributed by atoms with E-state index in [2.05, 4.69) is 10.3 Å². The molecule has 0 bridgehead atoms. The van der Waals surface area contributed by atoms with Gasteiger partial charge >= 0.3 is 0 Å². The average molecular weight is 531 g/mol. The summed E-state index contributed by atoms with van der Waals surface area (Å²) in [5, 5.41) is 3.53. The standard InChI is InChI=1S/C25H24F2N4O5S/c1-31-13-19(18-10-15(30-24(18)25(31)33)12-29-8-7-23(28)32)17-11-16(37(2,34)35)4-6-21(17)36-22-5-3-14(26)9-20(22)27/h3-6,9-11,13,29-30H,7-8,12H2,1-2H3,(H2,28,32). The summed E-state index contributed by atoms with van der Waals surface area (Å²) in [6.07, 6.45) is 2.72. The van der Waals surface area contributed by atoms with E-state index in [0.29, 0.717) is 35.8 Å². The maximum Gasteiger partial charge on any atom is 0.274 e. The number of H-pyrrole nitrogens is 1. The number of rotatable bonds is 9. The van der Waals surface area contributed by atoms with E-state index in [4.69, 9.17) is 10.5 Å². The Morgan fingerprint density at radius 1 is 1.11 bits per heavy atom. The lowest BCUT2D eigenvalue weighted by molar-refractivity contribution is -0.117. The Morgan fingerprint density at radius 2 is 1.84 bits per heavy atom. The van der Waals surface area contributed by atoms with Gasteiger partial charge in [0.05, 0.1) is 4.90 Å². The van der Waals surface area contributed by atoms with Gasteiger partial charge in [-0.25, -0.2) is 17.2 Å². The van der Waals surface area contributed by atoms with Gasteiger partial charge in [0, 0.05) is 67.3 Å². The second kappa shape index (κ2) is 10.1. The number of carbonyl (C=O) groups excluding carboxylic acids is 1. The maximum absolute atomic E-state index is 14.4. The van der Waals surface area contributed by atoms with Crippen LogP contribution in [0.2, 0.25) is 0 Å². The number of pyridine rings is 1. The van der Waals surface area contributed by atoms with E-state index in [9.17, 15) is 26.8 Å². The first-order valence-corrected chi connectivity index (χ1v) is 13.0. The molecule has 0 unspecified atom stereocenters. The zero-order chi connectivity index (χ0) is 26.9. The monoisotopic (exact) mass is 530 g/mol. The summed E-state index contributed by atoms with van der Waals surface area (Å²) in [6.45, 7) is 0.644. The number of nitrogens with zero attached hydrogens (tertiary/aromatic N) is 1. The fourth-order valence-corrected chi connectivity index (χ4v) is 4.50. The third kappa shape index (κ3) is 5.70. The van der Waals surface area contributed by atoms with Crippen LogP contribution in [0.25, 0.3) is 22.0 Å². The van der Waals surface area contributed by atoms with Gasteiger partial charge in [0.15, 0.2) is 21.4 Å². The van der Waals surface area contributed by atoms with Crippen LogP contribution in [-0.4, -0.2) is 36.7 Å². The molecule has 4 N–H and O–H groups in total. The van der Waals surface area contributed by atoms with Gasteiger partial charge in [0.1, 0.15) is 17.1 Å². The third-order valence-electron chi connectivity index (χ3n) is 5.67. The first-order chi connectivity index (χ1) is 17.4. The second-order valence-electron chi connectivity index (χ2n) is 8.54. The number of ether oxygens (including phenoxy) is 1. The molecular weight excluding hydrogens is 506 g/mol. The van der Waals surface area contributed by atoms with Crippen molar-refractivity contribution >= 4 is 26.6 Å². The topological polar surface area (TPSA) is 136 Å². The Labute approximate surface area is 210 Å². The number of hydrogen-bond donors (Lipinski definition) is 3. The Balaban J connectivity index is 1.87. The molecule has 0 aliphatic heterocycles. The number of aromatic amines is 1. The number of nitrogens with two attached hydrogens (primary N) is 1. The summed E-state index contributed by atoms with van der Waals surface area (Å²) >= 11 is 0. The predicted octanol–water partition coefficient (Wildman–Crippen LogP) is 2.97. The van der Waals surface area contributed by atoms with Crippen molar-refractivity contribution < 1.29 is 26.7 Å². The highest BCUT2D eigenvalue weighted by Gasteiger charge is 2.20. The van der Waals surface area contributed by atoms with Gasteiger partial charge in [-0.1, -0.05) is 0 Å². The van der Waals surface area contributed by atoms with Crippen LogP contribution in [0.1, 0.15) is 12.1 Å². The maximum atomic E-state index is 14.4. The van der Waals surface area contributed by atoms with Crippen LogP contribution in [0.4, 0.5) is 8.78 Å². The number of aromatic nitrogens is 2. The molecule has 0 aliphatic rings. The second-order valence-corrected chi connectivity index (χ2v) is 10.6. The largest absolute Gasteiger partial charge is 0.454 e. The molecule has 0 spiro atoms. The first kappa shape index (κ1) is 26.0. The van der Waals surface area contributed by atoms with Crippen molar-refractivity contribution in [1.29, 1.82) is 0 Å². The van der Waals surface area contributed by atoms with Crippen LogP contribution < -0.4 is 21.3 Å². The predicted molar refractivity (Wildman–Crippen MR) is 134 cm³/mol. The number of carbonyl (C=O) groups is 1. The van der Waals surface area contributed by atoms with Crippen LogP contribution in [-0.2, 0) is 28.2 Å². The molecule has 0 radical (unpaired) electrons. The molecule has 4 aromatic rings. The van der Waals surface area contributed by atoms with Crippen LogP contribution in [0.15, 0.2) is 58.4 Å². The van der Waals surface area contributed by atoms with Crippen LogP contribution >= 0.6 is 0 Å². The van der Waals surface area contributed by atoms with Gasteiger partial charge < -0.3 is 25.3 Å². The van der Waals surface area contributed by atoms with Crippen molar-refractivity contribution in [2.45, 2.75) is 17.9 Å². The molecule has 4 rings (SSSR count). The highest BCUT2D eigenvalue weighted by atomic mass is 32.2. The first-order valence-electron chi connectivity index (χ1n) is 11.1. The quantitative estimate of drug-likeness (QED) is 0.285. The van der Waals surface area contributed by atoms with Crippen molar-refractivity contribution in [3.8, 4) is 22.6 Å². The van der Waals surface area contributed by atoms with Gasteiger partial charge in [-0.3, -0.25) is 9.59 Å². The number of nitrogens with one attached hydrogen (secondary N) is 2. The van der Waals surface area contributed by atoms with Crippen molar-refractivity contribution in [2.24, 2.45) is 12.8 Å². The summed E-state index contributed by atoms with van der Waals surface area (Å²) in [5.41, 5.74) is 6.45. The minimum atomic E-state index is -3.63. The molecule has 0 fully saturated rings. The van der Waals surface area contributed by atoms with Crippen molar-refractivity contribution in [3.63, 3.8) is 0 Å². The van der Waals surface area contributed by atoms with E-state index in [-0.39, 0.29) is 39.5 Å². The Kier molecular flexibility index (Phi) is 7.14. The summed E-state index contributed by atoms with van der Waals surface area (Å²) < 4.78 is 59.5.